The molecular formula is C27H25N3O4. The number of hydrogen-bond donors (Lipinski definition) is 1. The van der Waals surface area contributed by atoms with Crippen LogP contribution in [0.5, 0.6) is 5.75 Å². The topological polar surface area (TPSA) is 82.5 Å². The van der Waals surface area contributed by atoms with Gasteiger partial charge in [0.25, 0.3) is 5.91 Å². The first-order valence-electron chi connectivity index (χ1n) is 10.9. The van der Waals surface area contributed by atoms with Gasteiger partial charge in [0.2, 0.25) is 0 Å². The number of benzene rings is 3. The highest BCUT2D eigenvalue weighted by molar-refractivity contribution is 5.98. The van der Waals surface area contributed by atoms with E-state index >= 15 is 0 Å². The highest BCUT2D eigenvalue weighted by Crippen LogP contribution is 2.32. The van der Waals surface area contributed by atoms with E-state index in [9.17, 15) is 9.59 Å². The third-order valence-electron chi connectivity index (χ3n) is 5.28. The van der Waals surface area contributed by atoms with E-state index in [4.69, 9.17) is 9.47 Å². The summed E-state index contributed by atoms with van der Waals surface area (Å²) in [6, 6.07) is 26.3. The van der Waals surface area contributed by atoms with Gasteiger partial charge in [0.05, 0.1) is 12.8 Å². The molecule has 1 unspecified atom stereocenters. The van der Waals surface area contributed by atoms with Gasteiger partial charge >= 0.3 is 5.97 Å². The minimum atomic E-state index is -0.984. The third kappa shape index (κ3) is 5.15. The van der Waals surface area contributed by atoms with Crippen molar-refractivity contribution < 1.29 is 19.1 Å². The summed E-state index contributed by atoms with van der Waals surface area (Å²) >= 11 is 0. The maximum Gasteiger partial charge on any atom is 0.342 e. The van der Waals surface area contributed by atoms with Crippen LogP contribution in [0.3, 0.4) is 0 Å². The van der Waals surface area contributed by atoms with Gasteiger partial charge in [-0.3, -0.25) is 4.79 Å². The Morgan fingerprint density at radius 1 is 0.941 bits per heavy atom. The second-order valence-corrected chi connectivity index (χ2v) is 7.62. The molecule has 4 aromatic rings. The molecule has 7 heteroatoms. The molecule has 0 spiro atoms. The summed E-state index contributed by atoms with van der Waals surface area (Å²) < 4.78 is 12.6. The quantitative estimate of drug-likeness (QED) is 0.398. The van der Waals surface area contributed by atoms with Gasteiger partial charge in [-0.1, -0.05) is 60.7 Å². The van der Waals surface area contributed by atoms with Crippen LogP contribution in [0.4, 0.5) is 0 Å². The van der Waals surface area contributed by atoms with Crippen LogP contribution >= 0.6 is 0 Å². The van der Waals surface area contributed by atoms with Crippen molar-refractivity contribution in [3.8, 4) is 22.7 Å². The van der Waals surface area contributed by atoms with E-state index in [1.807, 2.05) is 78.9 Å². The number of carbonyl (C=O) groups excluding carboxylic acids is 2. The third-order valence-corrected chi connectivity index (χ3v) is 5.28. The molecule has 0 saturated heterocycles. The van der Waals surface area contributed by atoms with Gasteiger partial charge in [-0.15, -0.1) is 0 Å². The average Bonchev–Trinajstić information content (AvgIpc) is 3.34. The van der Waals surface area contributed by atoms with Crippen molar-refractivity contribution in [2.24, 2.45) is 0 Å². The molecule has 1 N–H and O–H groups in total. The highest BCUT2D eigenvalue weighted by atomic mass is 16.5. The summed E-state index contributed by atoms with van der Waals surface area (Å²) in [5, 5.41) is 7.44. The number of esters is 1. The van der Waals surface area contributed by atoms with Crippen molar-refractivity contribution in [1.29, 1.82) is 0 Å². The molecule has 0 radical (unpaired) electrons. The molecule has 0 aliphatic heterocycles. The molecule has 1 atom stereocenters. The SMILES string of the molecule is COc1ccccc1-c1nn(-c2ccccc2)cc1C(=O)OC(C)C(=O)NCc1ccccc1. The predicted octanol–water partition coefficient (Wildman–Crippen LogP) is 4.41. The number of hydrogen-bond acceptors (Lipinski definition) is 5. The first kappa shape index (κ1) is 22.8. The fourth-order valence-corrected chi connectivity index (χ4v) is 3.48. The zero-order valence-electron chi connectivity index (χ0n) is 19.0. The minimum absolute atomic E-state index is 0.232. The van der Waals surface area contributed by atoms with E-state index in [1.165, 1.54) is 0 Å². The zero-order valence-corrected chi connectivity index (χ0v) is 19.0. The Morgan fingerprint density at radius 2 is 1.59 bits per heavy atom. The summed E-state index contributed by atoms with van der Waals surface area (Å²) in [6.07, 6.45) is 0.621. The monoisotopic (exact) mass is 455 g/mol. The Balaban J connectivity index is 1.58. The number of ether oxygens (including phenoxy) is 2. The Hall–Kier alpha value is -4.39. The number of methoxy groups -OCH3 is 1. The molecule has 7 nitrogen and oxygen atoms in total. The van der Waals surface area contributed by atoms with E-state index in [-0.39, 0.29) is 11.5 Å². The van der Waals surface area contributed by atoms with E-state index in [1.54, 1.807) is 31.0 Å². The van der Waals surface area contributed by atoms with Crippen molar-refractivity contribution in [2.75, 3.05) is 7.11 Å². The number of amides is 1. The summed E-state index contributed by atoms with van der Waals surface area (Å²) in [6.45, 7) is 1.89. The number of para-hydroxylation sites is 2. The molecule has 0 aliphatic rings. The van der Waals surface area contributed by atoms with Gasteiger partial charge in [-0.05, 0) is 36.8 Å². The van der Waals surface area contributed by atoms with E-state index in [0.29, 0.717) is 23.6 Å². The van der Waals surface area contributed by atoms with Crippen LogP contribution in [0.15, 0.2) is 91.1 Å². The molecule has 3 aromatic carbocycles. The lowest BCUT2D eigenvalue weighted by atomic mass is 10.1. The molecule has 1 aromatic heterocycles. The van der Waals surface area contributed by atoms with Crippen LogP contribution in [0.1, 0.15) is 22.8 Å². The van der Waals surface area contributed by atoms with E-state index in [0.717, 1.165) is 11.3 Å². The van der Waals surface area contributed by atoms with Gasteiger partial charge < -0.3 is 14.8 Å². The largest absolute Gasteiger partial charge is 0.496 e. The van der Waals surface area contributed by atoms with Crippen molar-refractivity contribution in [2.45, 2.75) is 19.6 Å². The fourth-order valence-electron chi connectivity index (χ4n) is 3.48. The maximum atomic E-state index is 13.2. The highest BCUT2D eigenvalue weighted by Gasteiger charge is 2.25. The predicted molar refractivity (Wildman–Crippen MR) is 129 cm³/mol. The smallest absolute Gasteiger partial charge is 0.342 e. The van der Waals surface area contributed by atoms with Crippen molar-refractivity contribution in [3.05, 3.63) is 102 Å². The molecular weight excluding hydrogens is 430 g/mol. The van der Waals surface area contributed by atoms with Crippen LogP contribution in [0, 0.1) is 0 Å². The van der Waals surface area contributed by atoms with Gasteiger partial charge in [0.1, 0.15) is 17.0 Å². The molecule has 0 saturated carbocycles. The Labute approximate surface area is 197 Å². The standard InChI is InChI=1S/C27H25N3O4/c1-19(26(31)28-17-20-11-5-3-6-12-20)34-27(32)23-18-30(21-13-7-4-8-14-21)29-25(23)22-15-9-10-16-24(22)33-2/h3-16,18-19H,17H2,1-2H3,(H,28,31). The molecule has 0 bridgehead atoms. The van der Waals surface area contributed by atoms with Crippen LogP contribution in [-0.2, 0) is 16.1 Å². The summed E-state index contributed by atoms with van der Waals surface area (Å²) in [5.41, 5.74) is 3.02. The van der Waals surface area contributed by atoms with Gasteiger partial charge in [-0.25, -0.2) is 9.48 Å². The number of nitrogens with one attached hydrogen (secondary N) is 1. The van der Waals surface area contributed by atoms with Gasteiger partial charge in [-0.2, -0.15) is 5.10 Å². The van der Waals surface area contributed by atoms with Crippen LogP contribution in [0.25, 0.3) is 16.9 Å². The first-order valence-corrected chi connectivity index (χ1v) is 10.9. The molecule has 34 heavy (non-hydrogen) atoms. The number of aromatic nitrogens is 2. The molecule has 0 fully saturated rings. The maximum absolute atomic E-state index is 13.2. The normalized spacial score (nSPS) is 11.5. The Bertz CT molecular complexity index is 1270. The summed E-state index contributed by atoms with van der Waals surface area (Å²) in [4.78, 5) is 25.7. The van der Waals surface area contributed by atoms with Gasteiger partial charge in [0.15, 0.2) is 6.10 Å². The van der Waals surface area contributed by atoms with Gasteiger partial charge in [0, 0.05) is 18.3 Å². The second-order valence-electron chi connectivity index (χ2n) is 7.62. The Kier molecular flexibility index (Phi) is 7.03. The zero-order chi connectivity index (χ0) is 23.9. The second kappa shape index (κ2) is 10.5. The molecule has 0 aliphatic carbocycles. The lowest BCUT2D eigenvalue weighted by molar-refractivity contribution is -0.129. The minimum Gasteiger partial charge on any atom is -0.496 e. The fraction of sp³-hybridized carbons (Fsp3) is 0.148. The molecule has 4 rings (SSSR count). The average molecular weight is 456 g/mol. The lowest BCUT2D eigenvalue weighted by Crippen LogP contribution is -2.35. The van der Waals surface area contributed by atoms with E-state index < -0.39 is 12.1 Å². The van der Waals surface area contributed by atoms with Crippen molar-refractivity contribution in [3.63, 3.8) is 0 Å². The number of nitrogens with zero attached hydrogens (tertiary/aromatic N) is 2. The van der Waals surface area contributed by atoms with Crippen molar-refractivity contribution >= 4 is 11.9 Å². The van der Waals surface area contributed by atoms with Crippen LogP contribution in [0.2, 0.25) is 0 Å². The molecule has 1 amide bonds. The number of rotatable bonds is 8. The summed E-state index contributed by atoms with van der Waals surface area (Å²) in [5.74, 6) is -0.458. The van der Waals surface area contributed by atoms with Crippen LogP contribution < -0.4 is 10.1 Å². The molecule has 1 heterocycles. The lowest BCUT2D eigenvalue weighted by Gasteiger charge is -2.14. The summed E-state index contributed by atoms with van der Waals surface area (Å²) in [7, 11) is 1.56. The molecule has 172 valence electrons. The Morgan fingerprint density at radius 3 is 2.29 bits per heavy atom. The first-order chi connectivity index (χ1) is 16.6. The van der Waals surface area contributed by atoms with E-state index in [2.05, 4.69) is 10.4 Å². The van der Waals surface area contributed by atoms with Crippen LogP contribution in [-0.4, -0.2) is 34.9 Å². The number of carbonyl (C=O) groups is 2. The van der Waals surface area contributed by atoms with Crippen molar-refractivity contribution in [1.82, 2.24) is 15.1 Å².